The van der Waals surface area contributed by atoms with Crippen LogP contribution < -0.4 is 15.5 Å². The van der Waals surface area contributed by atoms with Crippen molar-refractivity contribution >= 4 is 18.5 Å². The summed E-state index contributed by atoms with van der Waals surface area (Å²) in [6.45, 7) is 8.14. The van der Waals surface area contributed by atoms with Crippen molar-refractivity contribution in [3.05, 3.63) is 23.8 Å². The molecule has 0 radical (unpaired) electrons. The molecule has 1 aliphatic carbocycles. The molecule has 1 aliphatic heterocycles. The monoisotopic (exact) mass is 359 g/mol. The minimum Gasteiger partial charge on any atom is -0.496 e. The molecule has 2 aliphatic rings. The lowest BCUT2D eigenvalue weighted by atomic mass is 9.78. The van der Waals surface area contributed by atoms with E-state index in [1.54, 1.807) is 7.11 Å². The summed E-state index contributed by atoms with van der Waals surface area (Å²) in [5, 5.41) is 3.14. The molecule has 2 fully saturated rings. The van der Waals surface area contributed by atoms with E-state index in [9.17, 15) is 4.79 Å². The van der Waals surface area contributed by atoms with Gasteiger partial charge < -0.3 is 19.4 Å². The third kappa shape index (κ3) is 3.91. The Morgan fingerprint density at radius 3 is 2.38 bits per heavy atom. The Bertz CT molecular complexity index is 652. The molecule has 1 amide bonds. The van der Waals surface area contributed by atoms with Gasteiger partial charge >= 0.3 is 7.12 Å². The summed E-state index contributed by atoms with van der Waals surface area (Å²) in [6.07, 6.45) is 4.86. The average Bonchev–Trinajstić information content (AvgIpc) is 3.13. The van der Waals surface area contributed by atoms with Gasteiger partial charge in [0.05, 0.1) is 24.7 Å². The lowest BCUT2D eigenvalue weighted by molar-refractivity contribution is -0.121. The van der Waals surface area contributed by atoms with Crippen molar-refractivity contribution in [3.63, 3.8) is 0 Å². The second-order valence-corrected chi connectivity index (χ2v) is 8.39. The first kappa shape index (κ1) is 19.2. The maximum absolute atomic E-state index is 12.4. The first-order valence-corrected chi connectivity index (χ1v) is 9.54. The van der Waals surface area contributed by atoms with Crippen molar-refractivity contribution in [1.82, 2.24) is 5.32 Å². The number of rotatable bonds is 5. The number of nitrogens with one attached hydrogen (secondary N) is 1. The Hall–Kier alpha value is -1.53. The lowest BCUT2D eigenvalue weighted by Crippen LogP contribution is -2.41. The number of methoxy groups -OCH3 is 1. The number of benzene rings is 1. The van der Waals surface area contributed by atoms with E-state index in [0.29, 0.717) is 18.2 Å². The van der Waals surface area contributed by atoms with Crippen molar-refractivity contribution in [2.75, 3.05) is 7.11 Å². The Morgan fingerprint density at radius 2 is 1.81 bits per heavy atom. The zero-order valence-corrected chi connectivity index (χ0v) is 16.6. The van der Waals surface area contributed by atoms with Crippen molar-refractivity contribution in [2.24, 2.45) is 0 Å². The minimum atomic E-state index is -0.442. The van der Waals surface area contributed by atoms with Crippen LogP contribution in [-0.4, -0.2) is 37.4 Å². The Balaban J connectivity index is 1.75. The third-order valence-electron chi connectivity index (χ3n) is 5.90. The van der Waals surface area contributed by atoms with Gasteiger partial charge in [-0.2, -0.15) is 0 Å². The smallest absolute Gasteiger partial charge is 0.494 e. The molecule has 26 heavy (non-hydrogen) atoms. The van der Waals surface area contributed by atoms with E-state index < -0.39 is 18.3 Å². The fourth-order valence-corrected chi connectivity index (χ4v) is 3.58. The number of carbonyl (C=O) groups excluding carboxylic acids is 1. The SMILES string of the molecule is COc1ccc(B2OC(C)(C)C(C)(C)O2)cc1CC(=O)NC1CCCC1. The fourth-order valence-electron chi connectivity index (χ4n) is 3.58. The van der Waals surface area contributed by atoms with Crippen LogP contribution in [0.4, 0.5) is 0 Å². The van der Waals surface area contributed by atoms with Crippen molar-refractivity contribution < 1.29 is 18.8 Å². The second-order valence-electron chi connectivity index (χ2n) is 8.39. The average molecular weight is 359 g/mol. The maximum atomic E-state index is 12.4. The molecule has 1 N–H and O–H groups in total. The third-order valence-corrected chi connectivity index (χ3v) is 5.90. The second kappa shape index (κ2) is 7.24. The fraction of sp³-hybridized carbons (Fsp3) is 0.650. The van der Waals surface area contributed by atoms with Gasteiger partial charge in [0.2, 0.25) is 5.91 Å². The van der Waals surface area contributed by atoms with Crippen molar-refractivity contribution in [3.8, 4) is 5.75 Å². The Morgan fingerprint density at radius 1 is 1.19 bits per heavy atom. The quantitative estimate of drug-likeness (QED) is 0.821. The summed E-state index contributed by atoms with van der Waals surface area (Å²) in [5.74, 6) is 0.758. The number of amides is 1. The van der Waals surface area contributed by atoms with Crippen molar-refractivity contribution in [1.29, 1.82) is 0 Å². The predicted molar refractivity (Wildman–Crippen MR) is 103 cm³/mol. The molecular formula is C20H30BNO4. The molecule has 142 valence electrons. The molecule has 0 bridgehead atoms. The van der Waals surface area contributed by atoms with Crippen LogP contribution in [0.3, 0.4) is 0 Å². The van der Waals surface area contributed by atoms with Gasteiger partial charge in [-0.15, -0.1) is 0 Å². The van der Waals surface area contributed by atoms with Gasteiger partial charge in [-0.25, -0.2) is 0 Å². The van der Waals surface area contributed by atoms with E-state index >= 15 is 0 Å². The highest BCUT2D eigenvalue weighted by atomic mass is 16.7. The number of carbonyl (C=O) groups is 1. The topological polar surface area (TPSA) is 56.8 Å². The molecule has 0 spiro atoms. The van der Waals surface area contributed by atoms with Crippen LogP contribution in [0, 0.1) is 0 Å². The van der Waals surface area contributed by atoms with Gasteiger partial charge in [0, 0.05) is 11.6 Å². The van der Waals surface area contributed by atoms with Gasteiger partial charge in [-0.05, 0) is 52.1 Å². The highest BCUT2D eigenvalue weighted by molar-refractivity contribution is 6.62. The summed E-state index contributed by atoms with van der Waals surface area (Å²) in [5.41, 5.74) is 0.984. The van der Waals surface area contributed by atoms with E-state index in [-0.39, 0.29) is 5.91 Å². The molecule has 1 saturated carbocycles. The molecule has 0 atom stereocenters. The molecule has 1 heterocycles. The maximum Gasteiger partial charge on any atom is 0.494 e. The summed E-state index contributed by atoms with van der Waals surface area (Å²) in [4.78, 5) is 12.4. The van der Waals surface area contributed by atoms with Gasteiger partial charge in [0.15, 0.2) is 0 Å². The normalized spacial score (nSPS) is 21.8. The molecule has 0 aromatic heterocycles. The molecule has 1 aromatic rings. The van der Waals surface area contributed by atoms with Crippen LogP contribution in [0.25, 0.3) is 0 Å². The first-order valence-electron chi connectivity index (χ1n) is 9.54. The highest BCUT2D eigenvalue weighted by Gasteiger charge is 2.51. The number of hydrogen-bond acceptors (Lipinski definition) is 4. The van der Waals surface area contributed by atoms with E-state index in [2.05, 4.69) is 5.32 Å². The summed E-state index contributed by atoms with van der Waals surface area (Å²) in [7, 11) is 1.19. The van der Waals surface area contributed by atoms with E-state index in [0.717, 1.165) is 23.9 Å². The van der Waals surface area contributed by atoms with Crippen molar-refractivity contribution in [2.45, 2.75) is 77.0 Å². The van der Waals surface area contributed by atoms with Crippen LogP contribution in [0.2, 0.25) is 0 Å². The lowest BCUT2D eigenvalue weighted by Gasteiger charge is -2.32. The first-order chi connectivity index (χ1) is 12.2. The van der Waals surface area contributed by atoms with E-state index in [1.165, 1.54) is 12.8 Å². The summed E-state index contributed by atoms with van der Waals surface area (Å²) >= 11 is 0. The summed E-state index contributed by atoms with van der Waals surface area (Å²) in [6, 6.07) is 6.12. The molecule has 3 rings (SSSR count). The van der Waals surface area contributed by atoms with Gasteiger partial charge in [0.1, 0.15) is 5.75 Å². The highest BCUT2D eigenvalue weighted by Crippen LogP contribution is 2.36. The van der Waals surface area contributed by atoms with Gasteiger partial charge in [0.25, 0.3) is 0 Å². The largest absolute Gasteiger partial charge is 0.496 e. The van der Waals surface area contributed by atoms with Crippen LogP contribution >= 0.6 is 0 Å². The molecule has 1 aromatic carbocycles. The zero-order chi connectivity index (χ0) is 18.9. The molecule has 1 saturated heterocycles. The van der Waals surface area contributed by atoms with Crippen LogP contribution in [0.5, 0.6) is 5.75 Å². The predicted octanol–water partition coefficient (Wildman–Crippen LogP) is 2.60. The number of ether oxygens (including phenoxy) is 1. The molecule has 0 unspecified atom stereocenters. The zero-order valence-electron chi connectivity index (χ0n) is 16.6. The van der Waals surface area contributed by atoms with Crippen LogP contribution in [0.1, 0.15) is 58.9 Å². The van der Waals surface area contributed by atoms with Crippen LogP contribution in [-0.2, 0) is 20.5 Å². The molecule has 6 heteroatoms. The van der Waals surface area contributed by atoms with Gasteiger partial charge in [-0.3, -0.25) is 4.79 Å². The molecular weight excluding hydrogens is 329 g/mol. The van der Waals surface area contributed by atoms with E-state index in [1.807, 2.05) is 45.9 Å². The summed E-state index contributed by atoms with van der Waals surface area (Å²) < 4.78 is 17.7. The molecule has 5 nitrogen and oxygen atoms in total. The van der Waals surface area contributed by atoms with Crippen LogP contribution in [0.15, 0.2) is 18.2 Å². The van der Waals surface area contributed by atoms with Gasteiger partial charge in [-0.1, -0.05) is 25.0 Å². The Labute approximate surface area is 156 Å². The van der Waals surface area contributed by atoms with E-state index in [4.69, 9.17) is 14.0 Å². The minimum absolute atomic E-state index is 0.0428. The Kier molecular flexibility index (Phi) is 5.36. The standard InChI is InChI=1S/C20H30BNO4/c1-19(2)20(3,4)26-21(25-19)15-10-11-17(24-5)14(12-15)13-18(23)22-16-8-6-7-9-16/h10-12,16H,6-9,13H2,1-5H3,(H,22,23). The number of hydrogen-bond donors (Lipinski definition) is 1.